The summed E-state index contributed by atoms with van der Waals surface area (Å²) in [6, 6.07) is 7.50. The number of amides is 1. The smallest absolute Gasteiger partial charge is 0.251 e. The van der Waals surface area contributed by atoms with Crippen molar-refractivity contribution in [2.45, 2.75) is 26.2 Å². The zero-order valence-electron chi connectivity index (χ0n) is 14.2. The maximum atomic E-state index is 12.4. The molecule has 7 nitrogen and oxygen atoms in total. The van der Waals surface area contributed by atoms with Crippen LogP contribution in [0.1, 0.15) is 27.2 Å². The lowest BCUT2D eigenvalue weighted by Crippen LogP contribution is -2.30. The molecule has 3 aromatic rings. The van der Waals surface area contributed by atoms with Gasteiger partial charge in [0.2, 0.25) is 0 Å². The van der Waals surface area contributed by atoms with Crippen LogP contribution >= 0.6 is 11.6 Å². The van der Waals surface area contributed by atoms with E-state index in [1.54, 1.807) is 17.1 Å². The van der Waals surface area contributed by atoms with E-state index < -0.39 is 0 Å². The van der Waals surface area contributed by atoms with Crippen LogP contribution in [0.4, 0.5) is 0 Å². The highest BCUT2D eigenvalue weighted by molar-refractivity contribution is 6.30. The fourth-order valence-corrected chi connectivity index (χ4v) is 3.19. The Kier molecular flexibility index (Phi) is 4.73. The van der Waals surface area contributed by atoms with Gasteiger partial charge in [0, 0.05) is 37.0 Å². The van der Waals surface area contributed by atoms with Crippen LogP contribution in [-0.4, -0.2) is 32.0 Å². The van der Waals surface area contributed by atoms with Crippen molar-refractivity contribution >= 4 is 17.5 Å². The third kappa shape index (κ3) is 3.63. The van der Waals surface area contributed by atoms with Crippen LogP contribution in [0.3, 0.4) is 0 Å². The number of nitrogens with zero attached hydrogens (tertiary/aromatic N) is 4. The highest BCUT2D eigenvalue weighted by Crippen LogP contribution is 2.12. The molecule has 2 N–H and O–H groups in total. The average molecular weight is 371 g/mol. The van der Waals surface area contributed by atoms with Gasteiger partial charge in [0.15, 0.2) is 0 Å². The third-order valence-corrected chi connectivity index (χ3v) is 4.63. The van der Waals surface area contributed by atoms with Crippen molar-refractivity contribution in [2.24, 2.45) is 0 Å². The van der Waals surface area contributed by atoms with Crippen molar-refractivity contribution in [2.75, 3.05) is 6.54 Å². The zero-order chi connectivity index (χ0) is 17.9. The molecular weight excluding hydrogens is 352 g/mol. The normalized spacial score (nSPS) is 13.4. The number of carbonyl (C=O) groups is 1. The fourth-order valence-electron chi connectivity index (χ4n) is 3.04. The number of fused-ring (bicyclic) bond motifs is 1. The van der Waals surface area contributed by atoms with Crippen molar-refractivity contribution in [1.29, 1.82) is 0 Å². The molecule has 2 aromatic heterocycles. The van der Waals surface area contributed by atoms with E-state index in [2.05, 4.69) is 20.8 Å². The predicted octanol–water partition coefficient (Wildman–Crippen LogP) is 1.81. The molecule has 0 bridgehead atoms. The van der Waals surface area contributed by atoms with Gasteiger partial charge in [-0.1, -0.05) is 23.7 Å². The van der Waals surface area contributed by atoms with Gasteiger partial charge in [-0.2, -0.15) is 10.2 Å². The van der Waals surface area contributed by atoms with Crippen molar-refractivity contribution in [3.8, 4) is 0 Å². The Hall–Kier alpha value is -2.64. The van der Waals surface area contributed by atoms with E-state index in [1.807, 2.05) is 35.1 Å². The van der Waals surface area contributed by atoms with E-state index in [0.29, 0.717) is 23.7 Å². The fraction of sp³-hybridized carbons (Fsp3) is 0.278. The quantitative estimate of drug-likeness (QED) is 0.718. The number of hydrogen-bond donors (Lipinski definition) is 2. The van der Waals surface area contributed by atoms with Crippen molar-refractivity contribution in [3.63, 3.8) is 0 Å². The summed E-state index contributed by atoms with van der Waals surface area (Å²) in [5.74, 6) is -0.0950. The second-order valence-electron chi connectivity index (χ2n) is 6.25. The summed E-state index contributed by atoms with van der Waals surface area (Å²) in [5.41, 5.74) is 3.88. The number of carbonyl (C=O) groups excluding carboxylic acids is 1. The minimum Gasteiger partial charge on any atom is -0.348 e. The summed E-state index contributed by atoms with van der Waals surface area (Å²) >= 11 is 5.87. The van der Waals surface area contributed by atoms with E-state index in [-0.39, 0.29) is 5.91 Å². The van der Waals surface area contributed by atoms with Crippen LogP contribution < -0.4 is 10.6 Å². The molecule has 0 saturated heterocycles. The Bertz CT molecular complexity index is 914. The molecule has 4 rings (SSSR count). The number of halogens is 1. The Labute approximate surface area is 156 Å². The Balaban J connectivity index is 1.36. The van der Waals surface area contributed by atoms with Gasteiger partial charge in [-0.3, -0.25) is 14.2 Å². The number of benzene rings is 1. The molecule has 8 heteroatoms. The maximum Gasteiger partial charge on any atom is 0.251 e. The third-order valence-electron chi connectivity index (χ3n) is 4.43. The van der Waals surface area contributed by atoms with Crippen LogP contribution in [0.15, 0.2) is 42.9 Å². The first-order valence-electron chi connectivity index (χ1n) is 8.48. The van der Waals surface area contributed by atoms with Gasteiger partial charge in [-0.15, -0.1) is 0 Å². The number of nitrogens with one attached hydrogen (secondary N) is 2. The molecule has 0 atom stereocenters. The summed E-state index contributed by atoms with van der Waals surface area (Å²) in [6.45, 7) is 3.68. The average Bonchev–Trinajstić information content (AvgIpc) is 3.26. The van der Waals surface area contributed by atoms with Gasteiger partial charge in [0.1, 0.15) is 0 Å². The standard InChI is InChI=1S/C18H19ClN6O/c19-16-9-22-24(12-16)11-13-1-3-14(4-2-13)18(26)21-7-15-8-23-25-6-5-20-10-17(15)25/h1-4,8-9,12,20H,5-7,10-11H2,(H,21,26). The van der Waals surface area contributed by atoms with Crippen LogP contribution in [0, 0.1) is 0 Å². The number of hydrogen-bond acceptors (Lipinski definition) is 4. The van der Waals surface area contributed by atoms with E-state index in [9.17, 15) is 4.79 Å². The molecule has 1 aromatic carbocycles. The van der Waals surface area contributed by atoms with Crippen molar-refractivity contribution in [3.05, 3.63) is 70.3 Å². The number of rotatable bonds is 5. The molecule has 1 aliphatic rings. The second-order valence-corrected chi connectivity index (χ2v) is 6.69. The lowest BCUT2D eigenvalue weighted by molar-refractivity contribution is 0.0951. The molecule has 0 unspecified atom stereocenters. The molecule has 0 fully saturated rings. The Morgan fingerprint density at radius 1 is 1.23 bits per heavy atom. The molecule has 0 spiro atoms. The first-order valence-corrected chi connectivity index (χ1v) is 8.86. The van der Waals surface area contributed by atoms with Gasteiger partial charge in [0.25, 0.3) is 5.91 Å². The van der Waals surface area contributed by atoms with E-state index in [0.717, 1.165) is 36.5 Å². The molecular formula is C18H19ClN6O. The van der Waals surface area contributed by atoms with E-state index >= 15 is 0 Å². The SMILES string of the molecule is O=C(NCc1cnn2c1CNCC2)c1ccc(Cn2cc(Cl)cn2)cc1. The lowest BCUT2D eigenvalue weighted by atomic mass is 10.1. The number of aromatic nitrogens is 4. The zero-order valence-corrected chi connectivity index (χ0v) is 14.9. The summed E-state index contributed by atoms with van der Waals surface area (Å²) in [6.07, 6.45) is 5.21. The van der Waals surface area contributed by atoms with Gasteiger partial charge < -0.3 is 10.6 Å². The topological polar surface area (TPSA) is 76.8 Å². The molecule has 1 aliphatic heterocycles. The second kappa shape index (κ2) is 7.31. The van der Waals surface area contributed by atoms with E-state index in [4.69, 9.17) is 11.6 Å². The Morgan fingerprint density at radius 3 is 2.85 bits per heavy atom. The van der Waals surface area contributed by atoms with Gasteiger partial charge in [0.05, 0.1) is 36.2 Å². The molecule has 0 saturated carbocycles. The monoisotopic (exact) mass is 370 g/mol. The molecule has 1 amide bonds. The van der Waals surface area contributed by atoms with Gasteiger partial charge in [-0.25, -0.2) is 0 Å². The molecule has 3 heterocycles. The van der Waals surface area contributed by atoms with E-state index in [1.165, 1.54) is 0 Å². The summed E-state index contributed by atoms with van der Waals surface area (Å²) in [4.78, 5) is 12.4. The summed E-state index contributed by atoms with van der Waals surface area (Å²) in [5, 5.41) is 15.4. The van der Waals surface area contributed by atoms with Crippen molar-refractivity contribution in [1.82, 2.24) is 30.2 Å². The summed E-state index contributed by atoms with van der Waals surface area (Å²) in [7, 11) is 0. The maximum absolute atomic E-state index is 12.4. The molecule has 0 radical (unpaired) electrons. The predicted molar refractivity (Wildman–Crippen MR) is 97.9 cm³/mol. The van der Waals surface area contributed by atoms with Crippen molar-refractivity contribution < 1.29 is 4.79 Å². The lowest BCUT2D eigenvalue weighted by Gasteiger charge is -2.16. The van der Waals surface area contributed by atoms with Crippen LogP contribution in [0.2, 0.25) is 5.02 Å². The minimum absolute atomic E-state index is 0.0950. The highest BCUT2D eigenvalue weighted by atomic mass is 35.5. The van der Waals surface area contributed by atoms with Crippen LogP contribution in [0.25, 0.3) is 0 Å². The highest BCUT2D eigenvalue weighted by Gasteiger charge is 2.15. The van der Waals surface area contributed by atoms with Gasteiger partial charge in [-0.05, 0) is 17.7 Å². The van der Waals surface area contributed by atoms with Crippen LogP contribution in [0.5, 0.6) is 0 Å². The minimum atomic E-state index is -0.0950. The molecule has 134 valence electrons. The Morgan fingerprint density at radius 2 is 2.08 bits per heavy atom. The first kappa shape index (κ1) is 16.8. The van der Waals surface area contributed by atoms with Crippen LogP contribution in [-0.2, 0) is 26.2 Å². The summed E-state index contributed by atoms with van der Waals surface area (Å²) < 4.78 is 3.75. The molecule has 26 heavy (non-hydrogen) atoms. The van der Waals surface area contributed by atoms with Gasteiger partial charge >= 0.3 is 0 Å². The first-order chi connectivity index (χ1) is 12.7. The largest absolute Gasteiger partial charge is 0.348 e. The molecule has 0 aliphatic carbocycles.